The molecule has 0 bridgehead atoms. The van der Waals surface area contributed by atoms with Gasteiger partial charge in [-0.05, 0) is 13.0 Å². The van der Waals surface area contributed by atoms with Crippen LogP contribution < -0.4 is 10.2 Å². The van der Waals surface area contributed by atoms with E-state index in [0.717, 1.165) is 55.3 Å². The molecule has 154 valence electrons. The van der Waals surface area contributed by atoms with Crippen LogP contribution in [0.4, 0.5) is 5.95 Å². The molecule has 0 atom stereocenters. The first-order valence-corrected chi connectivity index (χ1v) is 10.4. The van der Waals surface area contributed by atoms with Crippen molar-refractivity contribution < 1.29 is 0 Å². The van der Waals surface area contributed by atoms with E-state index >= 15 is 0 Å². The summed E-state index contributed by atoms with van der Waals surface area (Å²) in [4.78, 5) is 22.8. The van der Waals surface area contributed by atoms with Crippen LogP contribution in [0.25, 0.3) is 0 Å². The zero-order valence-electron chi connectivity index (χ0n) is 17.1. The van der Waals surface area contributed by atoms with Crippen LogP contribution in [0.1, 0.15) is 38.4 Å². The highest BCUT2D eigenvalue weighted by molar-refractivity contribution is 14.0. The Morgan fingerprint density at radius 2 is 1.86 bits per heavy atom. The smallest absolute Gasteiger partial charge is 0.225 e. The van der Waals surface area contributed by atoms with Gasteiger partial charge in [0.15, 0.2) is 5.96 Å². The normalized spacial score (nSPS) is 15.4. The molecule has 2 aromatic heterocycles. The second-order valence-electron chi connectivity index (χ2n) is 7.59. The summed E-state index contributed by atoms with van der Waals surface area (Å²) in [5.74, 6) is 1.76. The van der Waals surface area contributed by atoms with Crippen molar-refractivity contribution in [2.45, 2.75) is 39.7 Å². The fraction of sp³-hybridized carbons (Fsp3) is 0.579. The third-order valence-corrected chi connectivity index (χ3v) is 5.65. The highest BCUT2D eigenvalue weighted by Gasteiger charge is 2.21. The van der Waals surface area contributed by atoms with Crippen molar-refractivity contribution in [3.8, 4) is 0 Å². The highest BCUT2D eigenvalue weighted by Crippen LogP contribution is 2.25. The Hall–Kier alpha value is -1.49. The van der Waals surface area contributed by atoms with Gasteiger partial charge in [-0.15, -0.1) is 35.3 Å². The molecule has 0 saturated carbocycles. The third kappa shape index (κ3) is 6.00. The predicted octanol–water partition coefficient (Wildman–Crippen LogP) is 3.14. The van der Waals surface area contributed by atoms with Gasteiger partial charge in [0, 0.05) is 55.9 Å². The van der Waals surface area contributed by atoms with E-state index in [1.165, 1.54) is 0 Å². The number of anilines is 1. The summed E-state index contributed by atoms with van der Waals surface area (Å²) in [7, 11) is 0. The zero-order chi connectivity index (χ0) is 19.3. The molecule has 3 heterocycles. The van der Waals surface area contributed by atoms with E-state index in [0.29, 0.717) is 6.54 Å². The van der Waals surface area contributed by atoms with Crippen molar-refractivity contribution in [3.05, 3.63) is 34.5 Å². The summed E-state index contributed by atoms with van der Waals surface area (Å²) in [5.41, 5.74) is 1.13. The molecule has 0 aromatic carbocycles. The number of nitrogens with one attached hydrogen (secondary N) is 1. The zero-order valence-corrected chi connectivity index (χ0v) is 20.2. The largest absolute Gasteiger partial charge is 0.357 e. The van der Waals surface area contributed by atoms with Gasteiger partial charge in [0.2, 0.25) is 5.95 Å². The van der Waals surface area contributed by atoms with Gasteiger partial charge in [-0.2, -0.15) is 0 Å². The summed E-state index contributed by atoms with van der Waals surface area (Å²) >= 11 is 1.72. The summed E-state index contributed by atoms with van der Waals surface area (Å²) in [6.07, 6.45) is 3.58. The van der Waals surface area contributed by atoms with Crippen LogP contribution in [-0.4, -0.2) is 58.5 Å². The molecule has 1 N–H and O–H groups in total. The summed E-state index contributed by atoms with van der Waals surface area (Å²) in [6.45, 7) is 13.7. The predicted molar refractivity (Wildman–Crippen MR) is 127 cm³/mol. The number of aromatic nitrogens is 3. The molecule has 1 fully saturated rings. The van der Waals surface area contributed by atoms with Gasteiger partial charge in [-0.25, -0.2) is 19.9 Å². The van der Waals surface area contributed by atoms with Gasteiger partial charge in [0.25, 0.3) is 0 Å². The second-order valence-corrected chi connectivity index (χ2v) is 8.45. The molecule has 28 heavy (non-hydrogen) atoms. The van der Waals surface area contributed by atoms with Crippen molar-refractivity contribution >= 4 is 47.2 Å². The first-order valence-electron chi connectivity index (χ1n) is 9.47. The minimum Gasteiger partial charge on any atom is -0.357 e. The van der Waals surface area contributed by atoms with E-state index in [4.69, 9.17) is 9.98 Å². The fourth-order valence-corrected chi connectivity index (χ4v) is 3.78. The van der Waals surface area contributed by atoms with E-state index in [1.807, 2.05) is 6.07 Å². The van der Waals surface area contributed by atoms with Crippen LogP contribution in [0.5, 0.6) is 0 Å². The van der Waals surface area contributed by atoms with Gasteiger partial charge in [-0.3, -0.25) is 0 Å². The van der Waals surface area contributed by atoms with Gasteiger partial charge >= 0.3 is 0 Å². The van der Waals surface area contributed by atoms with Crippen LogP contribution >= 0.6 is 35.3 Å². The molecule has 0 radical (unpaired) electrons. The van der Waals surface area contributed by atoms with Crippen molar-refractivity contribution in [1.82, 2.24) is 25.2 Å². The van der Waals surface area contributed by atoms with Crippen LogP contribution in [0.2, 0.25) is 0 Å². The van der Waals surface area contributed by atoms with Crippen molar-refractivity contribution in [1.29, 1.82) is 0 Å². The maximum absolute atomic E-state index is 4.83. The SMILES string of the molecule is CCNC(=NCc1csc(C(C)(C)C)n1)N1CCN(c2ncccn2)CC1.I. The number of hydrogen-bond donors (Lipinski definition) is 1. The van der Waals surface area contributed by atoms with Gasteiger partial charge in [0.05, 0.1) is 17.2 Å². The molecule has 7 nitrogen and oxygen atoms in total. The lowest BCUT2D eigenvalue weighted by Crippen LogP contribution is -2.53. The second kappa shape index (κ2) is 10.3. The number of halogens is 1. The molecule has 0 spiro atoms. The number of aliphatic imine (C=N–C) groups is 1. The molecule has 1 aliphatic heterocycles. The van der Waals surface area contributed by atoms with Crippen LogP contribution in [0, 0.1) is 0 Å². The Bertz CT molecular complexity index is 749. The average molecular weight is 515 g/mol. The highest BCUT2D eigenvalue weighted by atomic mass is 127. The number of hydrogen-bond acceptors (Lipinski definition) is 6. The Labute approximate surface area is 188 Å². The first-order chi connectivity index (χ1) is 13.0. The van der Waals surface area contributed by atoms with Gasteiger partial charge in [0.1, 0.15) is 0 Å². The van der Waals surface area contributed by atoms with Gasteiger partial charge < -0.3 is 15.1 Å². The molecule has 1 saturated heterocycles. The first kappa shape index (κ1) is 22.8. The lowest BCUT2D eigenvalue weighted by Gasteiger charge is -2.36. The van der Waals surface area contributed by atoms with E-state index in [9.17, 15) is 0 Å². The maximum atomic E-state index is 4.83. The Morgan fingerprint density at radius 3 is 2.43 bits per heavy atom. The van der Waals surface area contributed by atoms with Crippen molar-refractivity contribution in [3.63, 3.8) is 0 Å². The average Bonchev–Trinajstić information content (AvgIpc) is 3.16. The van der Waals surface area contributed by atoms with E-state index in [1.54, 1.807) is 23.7 Å². The quantitative estimate of drug-likeness (QED) is 0.384. The number of piperazine rings is 1. The Balaban J connectivity index is 0.00000280. The molecule has 1 aliphatic rings. The monoisotopic (exact) mass is 515 g/mol. The molecule has 2 aromatic rings. The van der Waals surface area contributed by atoms with Crippen LogP contribution in [0.3, 0.4) is 0 Å². The minimum absolute atomic E-state index is 0. The number of guanidine groups is 1. The van der Waals surface area contributed by atoms with E-state index in [2.05, 4.69) is 58.2 Å². The molecular weight excluding hydrogens is 485 g/mol. The number of nitrogens with zero attached hydrogens (tertiary/aromatic N) is 6. The lowest BCUT2D eigenvalue weighted by molar-refractivity contribution is 0.370. The van der Waals surface area contributed by atoms with Gasteiger partial charge in [-0.1, -0.05) is 20.8 Å². The van der Waals surface area contributed by atoms with E-state index in [-0.39, 0.29) is 29.4 Å². The third-order valence-electron chi connectivity index (χ3n) is 4.33. The topological polar surface area (TPSA) is 69.5 Å². The number of rotatable bonds is 4. The minimum atomic E-state index is 0. The summed E-state index contributed by atoms with van der Waals surface area (Å²) in [5, 5.41) is 6.70. The maximum Gasteiger partial charge on any atom is 0.225 e. The summed E-state index contributed by atoms with van der Waals surface area (Å²) < 4.78 is 0. The van der Waals surface area contributed by atoms with Crippen molar-refractivity contribution in [2.75, 3.05) is 37.6 Å². The standard InChI is InChI=1S/C19H29N7S.HI/c1-5-20-17(23-13-15-14-27-16(24-15)19(2,3)4)25-9-11-26(12-10-25)18-21-7-6-8-22-18;/h6-8,14H,5,9-13H2,1-4H3,(H,20,23);1H. The van der Waals surface area contributed by atoms with E-state index < -0.39 is 0 Å². The molecule has 0 amide bonds. The Kier molecular flexibility index (Phi) is 8.41. The summed E-state index contributed by atoms with van der Waals surface area (Å²) in [6, 6.07) is 1.85. The Morgan fingerprint density at radius 1 is 1.18 bits per heavy atom. The molecule has 3 rings (SSSR count). The fourth-order valence-electron chi connectivity index (χ4n) is 2.88. The van der Waals surface area contributed by atoms with Crippen LogP contribution in [-0.2, 0) is 12.0 Å². The molecule has 0 aliphatic carbocycles. The number of thiazole rings is 1. The molecular formula is C19H30IN7S. The molecule has 0 unspecified atom stereocenters. The molecule has 9 heteroatoms. The van der Waals surface area contributed by atoms with Crippen LogP contribution in [0.15, 0.2) is 28.8 Å². The van der Waals surface area contributed by atoms with Crippen molar-refractivity contribution in [2.24, 2.45) is 4.99 Å². The lowest BCUT2D eigenvalue weighted by atomic mass is 9.98.